The Morgan fingerprint density at radius 2 is 1.96 bits per heavy atom. The van der Waals surface area contributed by atoms with Crippen molar-refractivity contribution in [3.8, 4) is 0 Å². The van der Waals surface area contributed by atoms with Gasteiger partial charge >= 0.3 is 0 Å². The number of thiophene rings is 1. The van der Waals surface area contributed by atoms with Crippen molar-refractivity contribution < 1.29 is 9.59 Å². The van der Waals surface area contributed by atoms with Gasteiger partial charge in [-0.15, -0.1) is 11.3 Å². The van der Waals surface area contributed by atoms with E-state index in [4.69, 9.17) is 0 Å². The van der Waals surface area contributed by atoms with Gasteiger partial charge in [0.15, 0.2) is 0 Å². The van der Waals surface area contributed by atoms with Crippen LogP contribution in [0.15, 0.2) is 41.8 Å². The van der Waals surface area contributed by atoms with E-state index in [0.717, 1.165) is 32.1 Å². The summed E-state index contributed by atoms with van der Waals surface area (Å²) < 4.78 is 0. The van der Waals surface area contributed by atoms with Gasteiger partial charge in [-0.3, -0.25) is 9.59 Å². The molecule has 2 atom stereocenters. The minimum Gasteiger partial charge on any atom is -0.347 e. The van der Waals surface area contributed by atoms with E-state index in [9.17, 15) is 9.59 Å². The zero-order chi connectivity index (χ0) is 17.2. The van der Waals surface area contributed by atoms with E-state index in [-0.39, 0.29) is 23.9 Å². The second-order valence-corrected chi connectivity index (χ2v) is 7.73. The number of likely N-dealkylation sites (tertiary alicyclic amines) is 1. The first-order valence-electron chi connectivity index (χ1n) is 8.96. The molecule has 1 fully saturated rings. The van der Waals surface area contributed by atoms with E-state index in [2.05, 4.69) is 23.5 Å². The molecule has 5 heteroatoms. The fourth-order valence-electron chi connectivity index (χ4n) is 4.00. The van der Waals surface area contributed by atoms with E-state index < -0.39 is 0 Å². The smallest absolute Gasteiger partial charge is 0.264 e. The highest BCUT2D eigenvalue weighted by Crippen LogP contribution is 2.30. The lowest BCUT2D eigenvalue weighted by atomic mass is 9.87. The monoisotopic (exact) mass is 354 g/mol. The quantitative estimate of drug-likeness (QED) is 0.916. The third-order valence-corrected chi connectivity index (χ3v) is 6.09. The highest BCUT2D eigenvalue weighted by Gasteiger charge is 2.36. The van der Waals surface area contributed by atoms with Crippen molar-refractivity contribution in [3.63, 3.8) is 0 Å². The lowest BCUT2D eigenvalue weighted by Crippen LogP contribution is -2.47. The molecular formula is C20H22N2O2S. The molecule has 0 bridgehead atoms. The summed E-state index contributed by atoms with van der Waals surface area (Å²) in [6, 6.07) is 11.8. The molecule has 1 saturated heterocycles. The molecule has 1 aliphatic heterocycles. The molecule has 0 saturated carbocycles. The number of fused-ring (bicyclic) bond motifs is 1. The topological polar surface area (TPSA) is 49.4 Å². The zero-order valence-electron chi connectivity index (χ0n) is 14.1. The van der Waals surface area contributed by atoms with Crippen LogP contribution < -0.4 is 5.32 Å². The highest BCUT2D eigenvalue weighted by molar-refractivity contribution is 7.12. The van der Waals surface area contributed by atoms with Crippen LogP contribution in [0, 0.1) is 0 Å². The Morgan fingerprint density at radius 3 is 2.80 bits per heavy atom. The van der Waals surface area contributed by atoms with E-state index in [1.54, 1.807) is 4.90 Å². The normalized spacial score (nSPS) is 22.5. The number of hydrogen-bond donors (Lipinski definition) is 1. The molecule has 130 valence electrons. The Morgan fingerprint density at radius 1 is 1.08 bits per heavy atom. The van der Waals surface area contributed by atoms with Crippen molar-refractivity contribution in [2.75, 3.05) is 6.54 Å². The van der Waals surface area contributed by atoms with Crippen molar-refractivity contribution in [1.29, 1.82) is 0 Å². The van der Waals surface area contributed by atoms with Gasteiger partial charge in [-0.2, -0.15) is 0 Å². The van der Waals surface area contributed by atoms with Gasteiger partial charge in [0.1, 0.15) is 6.04 Å². The van der Waals surface area contributed by atoms with Crippen LogP contribution in [0.1, 0.15) is 52.5 Å². The van der Waals surface area contributed by atoms with Crippen molar-refractivity contribution in [2.45, 2.75) is 44.2 Å². The van der Waals surface area contributed by atoms with Crippen molar-refractivity contribution in [1.82, 2.24) is 10.2 Å². The van der Waals surface area contributed by atoms with Gasteiger partial charge in [0.2, 0.25) is 5.91 Å². The summed E-state index contributed by atoms with van der Waals surface area (Å²) in [7, 11) is 0. The second kappa shape index (κ2) is 7.00. The maximum absolute atomic E-state index is 12.9. The molecule has 2 aromatic rings. The maximum Gasteiger partial charge on any atom is 0.264 e. The van der Waals surface area contributed by atoms with Crippen molar-refractivity contribution in [3.05, 3.63) is 57.8 Å². The van der Waals surface area contributed by atoms with Gasteiger partial charge in [0.05, 0.1) is 10.9 Å². The van der Waals surface area contributed by atoms with E-state index in [0.29, 0.717) is 11.4 Å². The van der Waals surface area contributed by atoms with Crippen LogP contribution in [-0.2, 0) is 11.2 Å². The Hall–Kier alpha value is -2.14. The fraction of sp³-hybridized carbons (Fsp3) is 0.400. The highest BCUT2D eigenvalue weighted by atomic mass is 32.1. The number of rotatable bonds is 3. The first kappa shape index (κ1) is 16.3. The summed E-state index contributed by atoms with van der Waals surface area (Å²) in [6.07, 6.45) is 4.77. The third kappa shape index (κ3) is 3.21. The number of nitrogens with one attached hydrogen (secondary N) is 1. The Labute approximate surface area is 151 Å². The number of aryl methyl sites for hydroxylation is 1. The van der Waals surface area contributed by atoms with Gasteiger partial charge in [-0.1, -0.05) is 30.3 Å². The first-order valence-corrected chi connectivity index (χ1v) is 9.84. The SMILES string of the molecule is O=C(N[C@H]1CCCc2ccccc21)[C@@H]1CCCN1C(=O)c1cccs1. The summed E-state index contributed by atoms with van der Waals surface area (Å²) in [4.78, 5) is 28.0. The molecule has 4 nitrogen and oxygen atoms in total. The number of carbonyl (C=O) groups is 2. The van der Waals surface area contributed by atoms with Crippen molar-refractivity contribution in [2.24, 2.45) is 0 Å². The van der Waals surface area contributed by atoms with Crippen molar-refractivity contribution >= 4 is 23.2 Å². The number of hydrogen-bond acceptors (Lipinski definition) is 3. The minimum absolute atomic E-state index is 0.0101. The third-order valence-electron chi connectivity index (χ3n) is 5.23. The molecule has 0 unspecified atom stereocenters. The van der Waals surface area contributed by atoms with Gasteiger partial charge in [0.25, 0.3) is 5.91 Å². The number of benzene rings is 1. The van der Waals surface area contributed by atoms with Gasteiger partial charge in [-0.25, -0.2) is 0 Å². The van der Waals surface area contributed by atoms with E-state index in [1.165, 1.54) is 22.5 Å². The van der Waals surface area contributed by atoms with Crippen LogP contribution in [0.25, 0.3) is 0 Å². The van der Waals surface area contributed by atoms with E-state index in [1.807, 2.05) is 23.6 Å². The summed E-state index contributed by atoms with van der Waals surface area (Å²) in [5.41, 5.74) is 2.56. The molecule has 1 N–H and O–H groups in total. The fourth-order valence-corrected chi connectivity index (χ4v) is 4.67. The molecule has 2 heterocycles. The molecule has 0 radical (unpaired) electrons. The van der Waals surface area contributed by atoms with Gasteiger partial charge < -0.3 is 10.2 Å². The van der Waals surface area contributed by atoms with E-state index >= 15 is 0 Å². The zero-order valence-corrected chi connectivity index (χ0v) is 14.9. The molecule has 2 amide bonds. The standard InChI is InChI=1S/C20H22N2O2S/c23-19(21-16-9-3-7-14-6-1-2-8-15(14)16)17-10-4-12-22(17)20(24)18-11-5-13-25-18/h1-2,5-6,8,11,13,16-17H,3-4,7,9-10,12H2,(H,21,23)/t16-,17-/m0/s1. The lowest BCUT2D eigenvalue weighted by Gasteiger charge is -2.29. The number of carbonyl (C=O) groups excluding carboxylic acids is 2. The molecule has 4 rings (SSSR count). The van der Waals surface area contributed by atoms with Crippen LogP contribution in [0.5, 0.6) is 0 Å². The molecule has 1 aromatic carbocycles. The minimum atomic E-state index is -0.344. The molecule has 1 aromatic heterocycles. The largest absolute Gasteiger partial charge is 0.347 e. The lowest BCUT2D eigenvalue weighted by molar-refractivity contribution is -0.125. The van der Waals surface area contributed by atoms with Crippen LogP contribution in [-0.4, -0.2) is 29.3 Å². The molecule has 1 aliphatic carbocycles. The molecule has 0 spiro atoms. The van der Waals surface area contributed by atoms with Gasteiger partial charge in [0, 0.05) is 6.54 Å². The summed E-state index contributed by atoms with van der Waals surface area (Å²) in [6.45, 7) is 0.663. The maximum atomic E-state index is 12.9. The Bertz CT molecular complexity index is 772. The average molecular weight is 354 g/mol. The molecular weight excluding hydrogens is 332 g/mol. The number of nitrogens with zero attached hydrogens (tertiary/aromatic N) is 1. The second-order valence-electron chi connectivity index (χ2n) is 6.79. The molecule has 25 heavy (non-hydrogen) atoms. The van der Waals surface area contributed by atoms with Crippen LogP contribution >= 0.6 is 11.3 Å². The predicted molar refractivity (Wildman–Crippen MR) is 98.6 cm³/mol. The van der Waals surface area contributed by atoms with Crippen LogP contribution in [0.2, 0.25) is 0 Å². The average Bonchev–Trinajstić information content (AvgIpc) is 3.33. The summed E-state index contributed by atoms with van der Waals surface area (Å²) >= 11 is 1.44. The van der Waals surface area contributed by atoms with Crippen LogP contribution in [0.3, 0.4) is 0 Å². The van der Waals surface area contributed by atoms with Crippen LogP contribution in [0.4, 0.5) is 0 Å². The first-order chi connectivity index (χ1) is 12.2. The Kier molecular flexibility index (Phi) is 4.57. The summed E-state index contributed by atoms with van der Waals surface area (Å²) in [5, 5.41) is 5.12. The predicted octanol–water partition coefficient (Wildman–Crippen LogP) is 3.55. The van der Waals surface area contributed by atoms with Gasteiger partial charge in [-0.05, 0) is 54.7 Å². The Balaban J connectivity index is 1.49. The molecule has 2 aliphatic rings. The number of amides is 2. The summed E-state index contributed by atoms with van der Waals surface area (Å²) in [5.74, 6) is -0.0270.